The molecule has 0 aliphatic rings. The predicted molar refractivity (Wildman–Crippen MR) is 12.2 cm³/mol. The first-order valence-corrected chi connectivity index (χ1v) is 4.63. The Labute approximate surface area is 80.2 Å². The summed E-state index contributed by atoms with van der Waals surface area (Å²) >= 11 is 1.16. The van der Waals surface area contributed by atoms with E-state index in [9.17, 15) is 4.79 Å². The fraction of sp³-hybridized carbons (Fsp3) is 0. The second-order valence-electron chi connectivity index (χ2n) is 0.569. The molecule has 0 radical (unpaired) electrons. The Balaban J connectivity index is 2.85. The molecule has 0 fully saturated rings. The molecule has 0 amide bonds. The molecule has 0 unspecified atom stereocenters. The van der Waals surface area contributed by atoms with Crippen molar-refractivity contribution >= 4 is 54.6 Å². The molecule has 2 nitrogen and oxygen atoms in total. The van der Waals surface area contributed by atoms with Crippen LogP contribution >= 0.6 is 0 Å². The van der Waals surface area contributed by atoms with Gasteiger partial charge in [-0.2, -0.15) is 0 Å². The summed E-state index contributed by atoms with van der Waals surface area (Å²) in [5.74, 6) is 0. The average Bonchev–Trinajstić information content (AvgIpc) is 1.38. The Kier molecular flexibility index (Phi) is 5.70. The van der Waals surface area contributed by atoms with Crippen LogP contribution in [0.25, 0.3) is 0 Å². The minimum atomic E-state index is -0.0107. The number of rotatable bonds is 0. The molecule has 0 aromatic rings. The molecule has 5 heavy (non-hydrogen) atoms. The van der Waals surface area contributed by atoms with E-state index in [-0.39, 0.29) is 54.6 Å². The van der Waals surface area contributed by atoms with Gasteiger partial charge in [-0.1, -0.05) is 0 Å². The summed E-state index contributed by atoms with van der Waals surface area (Å²) in [7, 11) is 0. The van der Waals surface area contributed by atoms with E-state index < -0.39 is 0 Å². The zero-order valence-electron chi connectivity index (χ0n) is 2.69. The fourth-order valence-corrected chi connectivity index (χ4v) is 0. The Morgan fingerprint density at radius 2 is 2.20 bits per heavy atom. The van der Waals surface area contributed by atoms with Crippen LogP contribution in [0.1, 0.15) is 0 Å². The number of hydrogen-bond acceptors (Lipinski definition) is 2. The second kappa shape index (κ2) is 4.11. The number of carbonyl (C=O) groups excluding carboxylic acids is 1. The van der Waals surface area contributed by atoms with E-state index in [1.165, 1.54) is 0 Å². The SMILES string of the molecule is O=[C]([Rb])[O][Re]. The van der Waals surface area contributed by atoms with Crippen molar-refractivity contribution < 1.29 is 27.8 Å². The van der Waals surface area contributed by atoms with Crippen LogP contribution in [0.4, 0.5) is 4.79 Å². The standard InChI is InChI=1S/CO2.Rb.Re/c2-1-3;;/q-1;;+1. The van der Waals surface area contributed by atoms with Crippen molar-refractivity contribution in [1.29, 1.82) is 0 Å². The van der Waals surface area contributed by atoms with E-state index in [1.54, 1.807) is 0 Å². The third-order valence-electron chi connectivity index (χ3n) is 0.109. The second-order valence-corrected chi connectivity index (χ2v) is 3.13. The minimum absolute atomic E-state index is 0.0107. The maximum atomic E-state index is 9.70. The first-order valence-electron chi connectivity index (χ1n) is 1.06. The molecule has 0 saturated carbocycles. The molecule has 0 saturated heterocycles. The van der Waals surface area contributed by atoms with Crippen molar-refractivity contribution in [1.82, 2.24) is 0 Å². The Hall–Kier alpha value is 1.94. The molecule has 0 aromatic heterocycles. The molecule has 0 spiro atoms. The maximum absolute atomic E-state index is 9.70. The third-order valence-corrected chi connectivity index (χ3v) is 3.99. The molecule has 0 rings (SSSR count). The van der Waals surface area contributed by atoms with Gasteiger partial charge in [-0.15, -0.1) is 0 Å². The van der Waals surface area contributed by atoms with Gasteiger partial charge in [0.2, 0.25) is 0 Å². The van der Waals surface area contributed by atoms with Gasteiger partial charge in [-0.3, -0.25) is 0 Å². The molecule has 0 aromatic carbocycles. The summed E-state index contributed by atoms with van der Waals surface area (Å²) in [6.07, 6.45) is 0. The van der Waals surface area contributed by atoms with E-state index in [1.807, 2.05) is 0 Å². The molecular formula is CO2RbRe. The first kappa shape index (κ1) is 6.94. The van der Waals surface area contributed by atoms with Gasteiger partial charge in [0.05, 0.1) is 0 Å². The molecule has 24 valence electrons. The van der Waals surface area contributed by atoms with Gasteiger partial charge in [0.1, 0.15) is 0 Å². The van der Waals surface area contributed by atoms with Crippen LogP contribution in [0.2, 0.25) is 0 Å². The van der Waals surface area contributed by atoms with E-state index in [0.29, 0.717) is 0 Å². The van der Waals surface area contributed by atoms with E-state index in [2.05, 4.69) is 3.46 Å². The summed E-state index contributed by atoms with van der Waals surface area (Å²) in [6.45, 7) is 0. The van der Waals surface area contributed by atoms with Crippen LogP contribution in [-0.2, 0) is 23.0 Å². The molecule has 0 aliphatic carbocycles. The number of carbonyl (C=O) groups is 1. The van der Waals surface area contributed by atoms with Crippen molar-refractivity contribution in [3.63, 3.8) is 0 Å². The summed E-state index contributed by atoms with van der Waals surface area (Å²) in [6, 6.07) is 0. The molecule has 0 N–H and O–H groups in total. The van der Waals surface area contributed by atoms with Crippen LogP contribution in [0, 0.1) is 0 Å². The van der Waals surface area contributed by atoms with Gasteiger partial charge in [0, 0.05) is 0 Å². The van der Waals surface area contributed by atoms with Crippen molar-refractivity contribution in [3.8, 4) is 0 Å². The zero-order valence-corrected chi connectivity index (χ0v) is 10.3. The monoisotopic (exact) mass is 316 g/mol. The van der Waals surface area contributed by atoms with Gasteiger partial charge >= 0.3 is 82.4 Å². The third kappa shape index (κ3) is 5.94. The fourth-order valence-electron chi connectivity index (χ4n) is 0. The van der Waals surface area contributed by atoms with Crippen LogP contribution < -0.4 is 0 Å². The topological polar surface area (TPSA) is 26.3 Å². The van der Waals surface area contributed by atoms with Crippen LogP contribution in [0.3, 0.4) is 0 Å². The van der Waals surface area contributed by atoms with E-state index >= 15 is 0 Å². The quantitative estimate of drug-likeness (QED) is 0.616. The van der Waals surface area contributed by atoms with Crippen LogP contribution in [0.15, 0.2) is 0 Å². The Morgan fingerprint density at radius 1 is 2.00 bits per heavy atom. The van der Waals surface area contributed by atoms with Gasteiger partial charge in [0.25, 0.3) is 0 Å². The molecule has 0 heterocycles. The normalized spacial score (nSPS) is 7.00. The number of hydrogen-bond donors (Lipinski definition) is 0. The van der Waals surface area contributed by atoms with Gasteiger partial charge < -0.3 is 0 Å². The van der Waals surface area contributed by atoms with E-state index in [0.717, 1.165) is 19.6 Å². The van der Waals surface area contributed by atoms with Gasteiger partial charge in [-0.05, 0) is 0 Å². The van der Waals surface area contributed by atoms with Gasteiger partial charge in [-0.25, -0.2) is 0 Å². The van der Waals surface area contributed by atoms with Crippen molar-refractivity contribution in [2.24, 2.45) is 0 Å². The van der Waals surface area contributed by atoms with Crippen LogP contribution in [0.5, 0.6) is 0 Å². The molecule has 0 bridgehead atoms. The van der Waals surface area contributed by atoms with Gasteiger partial charge in [0.15, 0.2) is 0 Å². The van der Waals surface area contributed by atoms with Crippen molar-refractivity contribution in [3.05, 3.63) is 0 Å². The molecule has 0 aliphatic heterocycles. The average molecular weight is 316 g/mol. The summed E-state index contributed by atoms with van der Waals surface area (Å²) in [5.41, 5.74) is 0. The molecular weight excluding hydrogens is 316 g/mol. The van der Waals surface area contributed by atoms with Crippen molar-refractivity contribution in [2.45, 2.75) is 0 Å². The first-order chi connectivity index (χ1) is 2.27. The summed E-state index contributed by atoms with van der Waals surface area (Å²) in [5, 5.41) is 0. The molecule has 4 heteroatoms. The Bertz CT molecular complexity index is 44.9. The van der Waals surface area contributed by atoms with Crippen molar-refractivity contribution in [2.75, 3.05) is 0 Å². The summed E-state index contributed by atoms with van der Waals surface area (Å²) in [4.78, 5) is 9.70. The summed E-state index contributed by atoms with van der Waals surface area (Å²) < 4.78 is 4.25. The molecule has 0 atom stereocenters. The zero-order chi connectivity index (χ0) is 4.28. The predicted octanol–water partition coefficient (Wildman–Crippen LogP) is -0.247. The van der Waals surface area contributed by atoms with Crippen LogP contribution in [-0.4, -0.2) is 54.6 Å². The van der Waals surface area contributed by atoms with E-state index in [4.69, 9.17) is 0 Å². The Morgan fingerprint density at radius 3 is 2.20 bits per heavy atom.